The number of piperazine rings is 1. The zero-order valence-electron chi connectivity index (χ0n) is 14.4. The molecule has 1 aromatic carbocycles. The van der Waals surface area contributed by atoms with Gasteiger partial charge in [-0.1, -0.05) is 41.7 Å². The lowest BCUT2D eigenvalue weighted by Gasteiger charge is -2.38. The summed E-state index contributed by atoms with van der Waals surface area (Å²) in [4.78, 5) is 32.1. The van der Waals surface area contributed by atoms with Gasteiger partial charge >= 0.3 is 5.82 Å². The van der Waals surface area contributed by atoms with Crippen molar-refractivity contribution in [3.8, 4) is 0 Å². The first-order valence-corrected chi connectivity index (χ1v) is 9.37. The van der Waals surface area contributed by atoms with Crippen molar-refractivity contribution >= 4 is 33.8 Å². The van der Waals surface area contributed by atoms with Gasteiger partial charge in [0.2, 0.25) is 11.7 Å². The Morgan fingerprint density at radius 3 is 2.56 bits per heavy atom. The van der Waals surface area contributed by atoms with Gasteiger partial charge in [0, 0.05) is 31.6 Å². The molecule has 0 radical (unpaired) electrons. The number of benzene rings is 1. The molecule has 2 aromatic heterocycles. The lowest BCUT2D eigenvalue weighted by atomic mass is 10.0. The van der Waals surface area contributed by atoms with E-state index in [1.807, 2.05) is 40.1 Å². The van der Waals surface area contributed by atoms with E-state index < -0.39 is 16.9 Å². The number of fused-ring (bicyclic) bond motifs is 1. The largest absolute Gasteiger partial charge is 0.373 e. The number of aromatic nitrogens is 2. The smallest absolute Gasteiger partial charge is 0.368 e. The van der Waals surface area contributed by atoms with Crippen molar-refractivity contribution in [2.24, 2.45) is 5.73 Å². The summed E-state index contributed by atoms with van der Waals surface area (Å²) in [7, 11) is 0. The third kappa shape index (κ3) is 3.13. The molecule has 2 N–H and O–H groups in total. The van der Waals surface area contributed by atoms with Crippen LogP contribution in [0.2, 0.25) is 0 Å². The van der Waals surface area contributed by atoms with Crippen molar-refractivity contribution in [2.45, 2.75) is 6.04 Å². The monoisotopic (exact) mass is 386 g/mol. The summed E-state index contributed by atoms with van der Waals surface area (Å²) >= 11 is 1.36. The van der Waals surface area contributed by atoms with Crippen molar-refractivity contribution in [2.75, 3.05) is 31.1 Å². The minimum Gasteiger partial charge on any atom is -0.368 e. The second kappa shape index (κ2) is 6.97. The SMILES string of the molecule is NC(=O)C(c1ccccc1)N1CCN(c2nc3sccn3c2[N+](=O)[O-])CC1. The molecule has 27 heavy (non-hydrogen) atoms. The van der Waals surface area contributed by atoms with Crippen LogP contribution in [0.4, 0.5) is 11.6 Å². The van der Waals surface area contributed by atoms with Crippen molar-refractivity contribution in [1.29, 1.82) is 0 Å². The van der Waals surface area contributed by atoms with Gasteiger partial charge in [-0.3, -0.25) is 9.69 Å². The normalized spacial score (nSPS) is 16.5. The fraction of sp³-hybridized carbons (Fsp3) is 0.294. The molecule has 1 amide bonds. The van der Waals surface area contributed by atoms with E-state index in [0.717, 1.165) is 5.56 Å². The Bertz CT molecular complexity index is 977. The number of carbonyl (C=O) groups is 1. The van der Waals surface area contributed by atoms with Gasteiger partial charge in [-0.2, -0.15) is 9.38 Å². The van der Waals surface area contributed by atoms with E-state index in [1.165, 1.54) is 15.7 Å². The molecule has 3 aromatic rings. The number of nitro groups is 1. The number of amides is 1. The minimum atomic E-state index is -0.506. The number of imidazole rings is 1. The highest BCUT2D eigenvalue weighted by atomic mass is 32.1. The Kier molecular flexibility index (Phi) is 4.50. The van der Waals surface area contributed by atoms with Gasteiger partial charge in [-0.05, 0) is 10.5 Å². The first-order valence-electron chi connectivity index (χ1n) is 8.49. The molecule has 10 heteroatoms. The van der Waals surface area contributed by atoms with Crippen LogP contribution in [0.3, 0.4) is 0 Å². The maximum absolute atomic E-state index is 12.0. The third-order valence-electron chi connectivity index (χ3n) is 4.76. The van der Waals surface area contributed by atoms with E-state index in [-0.39, 0.29) is 5.82 Å². The number of carbonyl (C=O) groups excluding carboxylic acids is 1. The van der Waals surface area contributed by atoms with Crippen LogP contribution in [0.25, 0.3) is 4.96 Å². The third-order valence-corrected chi connectivity index (χ3v) is 5.51. The topological polar surface area (TPSA) is 110 Å². The van der Waals surface area contributed by atoms with Crippen LogP contribution in [0.5, 0.6) is 0 Å². The molecule has 1 saturated heterocycles. The number of anilines is 1. The molecule has 140 valence electrons. The fourth-order valence-corrected chi connectivity index (χ4v) is 4.23. The predicted molar refractivity (Wildman–Crippen MR) is 102 cm³/mol. The molecule has 0 saturated carbocycles. The van der Waals surface area contributed by atoms with Crippen LogP contribution >= 0.6 is 11.3 Å². The average molecular weight is 386 g/mol. The molecular weight excluding hydrogens is 368 g/mol. The second-order valence-electron chi connectivity index (χ2n) is 6.31. The van der Waals surface area contributed by atoms with Crippen molar-refractivity contribution in [3.63, 3.8) is 0 Å². The van der Waals surface area contributed by atoms with Gasteiger partial charge in [0.15, 0.2) is 0 Å². The van der Waals surface area contributed by atoms with Crippen LogP contribution in [0.1, 0.15) is 11.6 Å². The van der Waals surface area contributed by atoms with E-state index in [1.54, 1.807) is 11.6 Å². The van der Waals surface area contributed by atoms with Crippen molar-refractivity contribution in [3.05, 3.63) is 57.6 Å². The Morgan fingerprint density at radius 2 is 1.93 bits per heavy atom. The highest BCUT2D eigenvalue weighted by molar-refractivity contribution is 7.15. The molecule has 0 bridgehead atoms. The van der Waals surface area contributed by atoms with Gasteiger partial charge in [0.1, 0.15) is 12.2 Å². The Balaban J connectivity index is 1.55. The number of thiazole rings is 1. The molecule has 1 aliphatic rings. The molecule has 1 aliphatic heterocycles. The summed E-state index contributed by atoms with van der Waals surface area (Å²) in [5.74, 6) is -0.0424. The Hall–Kier alpha value is -2.98. The minimum absolute atomic E-state index is 0.0192. The molecule has 1 atom stereocenters. The van der Waals surface area contributed by atoms with Crippen molar-refractivity contribution < 1.29 is 9.72 Å². The van der Waals surface area contributed by atoms with Gasteiger partial charge in [-0.25, -0.2) is 0 Å². The van der Waals surface area contributed by atoms with E-state index in [4.69, 9.17) is 5.73 Å². The van der Waals surface area contributed by atoms with Crippen LogP contribution < -0.4 is 10.6 Å². The van der Waals surface area contributed by atoms with Gasteiger partial charge < -0.3 is 20.7 Å². The molecule has 0 aliphatic carbocycles. The number of hydrogen-bond donors (Lipinski definition) is 1. The van der Waals surface area contributed by atoms with Crippen LogP contribution in [0, 0.1) is 10.1 Å². The Labute approximate surface area is 158 Å². The summed E-state index contributed by atoms with van der Waals surface area (Å²) in [6, 6.07) is 8.91. The summed E-state index contributed by atoms with van der Waals surface area (Å²) in [6.07, 6.45) is 1.66. The summed E-state index contributed by atoms with van der Waals surface area (Å²) in [6.45, 7) is 2.18. The molecule has 9 nitrogen and oxygen atoms in total. The Morgan fingerprint density at radius 1 is 1.22 bits per heavy atom. The molecule has 1 fully saturated rings. The van der Waals surface area contributed by atoms with Gasteiger partial charge in [0.05, 0.1) is 0 Å². The summed E-state index contributed by atoms with van der Waals surface area (Å²) < 4.78 is 1.50. The van der Waals surface area contributed by atoms with Crippen LogP contribution in [0.15, 0.2) is 41.9 Å². The molecular formula is C17H18N6O3S. The number of rotatable bonds is 5. The predicted octanol–water partition coefficient (Wildman–Crippen LogP) is 1.65. The van der Waals surface area contributed by atoms with Crippen molar-refractivity contribution in [1.82, 2.24) is 14.3 Å². The zero-order chi connectivity index (χ0) is 19.0. The average Bonchev–Trinajstić information content (AvgIpc) is 3.24. The number of nitrogens with two attached hydrogens (primary N) is 1. The summed E-state index contributed by atoms with van der Waals surface area (Å²) in [5, 5.41) is 13.3. The maximum atomic E-state index is 12.0. The molecule has 1 unspecified atom stereocenters. The first kappa shape index (κ1) is 17.4. The van der Waals surface area contributed by atoms with Crippen LogP contribution in [-0.2, 0) is 4.79 Å². The van der Waals surface area contributed by atoms with Gasteiger partial charge in [-0.15, -0.1) is 0 Å². The number of primary amides is 1. The molecule has 4 rings (SSSR count). The number of nitrogens with zero attached hydrogens (tertiary/aromatic N) is 5. The van der Waals surface area contributed by atoms with E-state index in [2.05, 4.69) is 4.98 Å². The van der Waals surface area contributed by atoms with E-state index in [9.17, 15) is 14.9 Å². The van der Waals surface area contributed by atoms with E-state index >= 15 is 0 Å². The van der Waals surface area contributed by atoms with E-state index in [0.29, 0.717) is 37.0 Å². The first-order chi connectivity index (χ1) is 13.1. The van der Waals surface area contributed by atoms with Crippen LogP contribution in [-0.4, -0.2) is 51.3 Å². The standard InChI is InChI=1S/C17H18N6O3S/c18-14(24)13(12-4-2-1-3-5-12)20-6-8-21(9-7-20)15-16(23(25)26)22-10-11-27-17(22)19-15/h1-5,10-11,13H,6-9H2,(H2,18,24). The lowest BCUT2D eigenvalue weighted by molar-refractivity contribution is -0.389. The molecule has 0 spiro atoms. The fourth-order valence-electron chi connectivity index (χ4n) is 3.53. The van der Waals surface area contributed by atoms with Gasteiger partial charge in [0.25, 0.3) is 4.96 Å². The number of hydrogen-bond acceptors (Lipinski definition) is 7. The zero-order valence-corrected chi connectivity index (χ0v) is 15.2. The highest BCUT2D eigenvalue weighted by Crippen LogP contribution is 2.32. The highest BCUT2D eigenvalue weighted by Gasteiger charge is 2.33. The maximum Gasteiger partial charge on any atom is 0.373 e. The summed E-state index contributed by atoms with van der Waals surface area (Å²) in [5.41, 5.74) is 6.50. The molecule has 3 heterocycles. The lowest BCUT2D eigenvalue weighted by Crippen LogP contribution is -2.50. The quantitative estimate of drug-likeness (QED) is 0.527. The second-order valence-corrected chi connectivity index (χ2v) is 7.18.